The summed E-state index contributed by atoms with van der Waals surface area (Å²) in [5.41, 5.74) is 2.26. The normalized spacial score (nSPS) is 11.8. The first-order valence-corrected chi connectivity index (χ1v) is 9.19. The summed E-state index contributed by atoms with van der Waals surface area (Å²) >= 11 is 0. The van der Waals surface area contributed by atoms with Crippen LogP contribution in [-0.2, 0) is 13.6 Å². The number of rotatable bonds is 6. The molecule has 2 aromatic carbocycles. The zero-order chi connectivity index (χ0) is 21.1. The predicted octanol–water partition coefficient (Wildman–Crippen LogP) is 2.34. The van der Waals surface area contributed by atoms with E-state index in [0.717, 1.165) is 5.56 Å². The van der Waals surface area contributed by atoms with Crippen molar-refractivity contribution in [1.29, 1.82) is 0 Å². The molecule has 0 saturated heterocycles. The van der Waals surface area contributed by atoms with E-state index in [2.05, 4.69) is 15.7 Å². The molecular formula is C21H20N4O5. The van der Waals surface area contributed by atoms with Crippen LogP contribution in [0.5, 0.6) is 17.4 Å². The van der Waals surface area contributed by atoms with Gasteiger partial charge in [0, 0.05) is 31.0 Å². The van der Waals surface area contributed by atoms with Gasteiger partial charge in [0.05, 0.1) is 7.11 Å². The maximum Gasteiger partial charge on any atom is 0.262 e. The summed E-state index contributed by atoms with van der Waals surface area (Å²) < 4.78 is 17.2. The highest BCUT2D eigenvalue weighted by molar-refractivity contribution is 6.06. The topological polar surface area (TPSA) is 104 Å². The number of aryl methyl sites for hydroxylation is 1. The molecule has 0 aliphatic carbocycles. The van der Waals surface area contributed by atoms with E-state index in [1.54, 1.807) is 37.5 Å². The van der Waals surface area contributed by atoms with Crippen molar-refractivity contribution in [3.8, 4) is 17.4 Å². The molecule has 2 heterocycles. The van der Waals surface area contributed by atoms with Gasteiger partial charge in [0.25, 0.3) is 11.8 Å². The van der Waals surface area contributed by atoms with E-state index in [0.29, 0.717) is 34.9 Å². The lowest BCUT2D eigenvalue weighted by Crippen LogP contribution is -2.22. The number of nitrogens with zero attached hydrogens (tertiary/aromatic N) is 2. The smallest absolute Gasteiger partial charge is 0.262 e. The first kappa shape index (κ1) is 19.3. The Morgan fingerprint density at radius 1 is 1.10 bits per heavy atom. The van der Waals surface area contributed by atoms with Crippen molar-refractivity contribution in [2.45, 2.75) is 6.54 Å². The molecule has 0 atom stereocenters. The Bertz CT molecular complexity index is 1090. The fourth-order valence-corrected chi connectivity index (χ4v) is 3.01. The van der Waals surface area contributed by atoms with Gasteiger partial charge >= 0.3 is 0 Å². The number of nitrogens with one attached hydrogen (secondary N) is 2. The van der Waals surface area contributed by atoms with Crippen LogP contribution in [0, 0.1) is 0 Å². The number of benzene rings is 2. The molecule has 4 rings (SSSR count). The van der Waals surface area contributed by atoms with Crippen LogP contribution in [0.4, 0.5) is 5.69 Å². The van der Waals surface area contributed by atoms with Crippen molar-refractivity contribution < 1.29 is 23.8 Å². The summed E-state index contributed by atoms with van der Waals surface area (Å²) in [6, 6.07) is 12.1. The third kappa shape index (κ3) is 4.04. The summed E-state index contributed by atoms with van der Waals surface area (Å²) in [5, 5.41) is 9.68. The van der Waals surface area contributed by atoms with Crippen LogP contribution in [0.15, 0.2) is 48.7 Å². The van der Waals surface area contributed by atoms with Crippen LogP contribution in [0.3, 0.4) is 0 Å². The van der Waals surface area contributed by atoms with Crippen LogP contribution in [0.2, 0.25) is 0 Å². The van der Waals surface area contributed by atoms with Gasteiger partial charge in [-0.2, -0.15) is 0 Å². The van der Waals surface area contributed by atoms with Crippen molar-refractivity contribution in [2.24, 2.45) is 7.05 Å². The Balaban J connectivity index is 1.35. The minimum absolute atomic E-state index is 0.210. The lowest BCUT2D eigenvalue weighted by Gasteiger charge is -2.08. The first-order chi connectivity index (χ1) is 14.5. The van der Waals surface area contributed by atoms with E-state index in [4.69, 9.17) is 14.2 Å². The number of fused-ring (bicyclic) bond motifs is 1. The van der Waals surface area contributed by atoms with Gasteiger partial charge in [-0.15, -0.1) is 5.10 Å². The molecule has 0 saturated carbocycles. The number of aromatic nitrogens is 2. The molecule has 9 nitrogen and oxygen atoms in total. The second kappa shape index (κ2) is 8.16. The SMILES string of the molecule is COc1nn(C)cc1C(=O)Nc1ccc(C(=O)NCc2ccc3c(c2)OCO3)cc1. The number of hydrogen-bond donors (Lipinski definition) is 2. The Hall–Kier alpha value is -4.01. The Morgan fingerprint density at radius 3 is 2.63 bits per heavy atom. The second-order valence-electron chi connectivity index (χ2n) is 6.63. The molecule has 2 amide bonds. The summed E-state index contributed by atoms with van der Waals surface area (Å²) in [6.07, 6.45) is 1.58. The molecule has 30 heavy (non-hydrogen) atoms. The molecule has 154 valence electrons. The lowest BCUT2D eigenvalue weighted by molar-refractivity contribution is 0.0950. The number of hydrogen-bond acceptors (Lipinski definition) is 6. The summed E-state index contributed by atoms with van der Waals surface area (Å²) in [7, 11) is 3.16. The molecule has 0 unspecified atom stereocenters. The standard InChI is InChI=1S/C21H20N4O5/c1-25-11-16(21(24-25)28-2)20(27)23-15-6-4-14(5-7-15)19(26)22-10-13-3-8-17-18(9-13)30-12-29-17/h3-9,11H,10,12H2,1-2H3,(H,22,26)(H,23,27). The first-order valence-electron chi connectivity index (χ1n) is 9.19. The Kier molecular flexibility index (Phi) is 5.25. The van der Waals surface area contributed by atoms with Crippen molar-refractivity contribution in [1.82, 2.24) is 15.1 Å². The molecule has 1 aliphatic rings. The molecule has 1 aliphatic heterocycles. The van der Waals surface area contributed by atoms with Gasteiger partial charge in [0.2, 0.25) is 12.7 Å². The van der Waals surface area contributed by atoms with Gasteiger partial charge in [-0.3, -0.25) is 14.3 Å². The second-order valence-corrected chi connectivity index (χ2v) is 6.63. The van der Waals surface area contributed by atoms with E-state index in [1.165, 1.54) is 11.8 Å². The highest BCUT2D eigenvalue weighted by atomic mass is 16.7. The molecular weight excluding hydrogens is 388 g/mol. The van der Waals surface area contributed by atoms with Crippen LogP contribution in [0.1, 0.15) is 26.3 Å². The van der Waals surface area contributed by atoms with Gasteiger partial charge in [-0.1, -0.05) is 6.07 Å². The van der Waals surface area contributed by atoms with Crippen LogP contribution >= 0.6 is 0 Å². The molecule has 0 spiro atoms. The highest BCUT2D eigenvalue weighted by Gasteiger charge is 2.17. The van der Waals surface area contributed by atoms with Crippen molar-refractivity contribution in [3.05, 3.63) is 65.4 Å². The van der Waals surface area contributed by atoms with E-state index in [9.17, 15) is 9.59 Å². The molecule has 0 radical (unpaired) electrons. The Labute approximate surface area is 172 Å². The third-order valence-corrected chi connectivity index (χ3v) is 4.53. The van der Waals surface area contributed by atoms with Crippen LogP contribution < -0.4 is 24.8 Å². The highest BCUT2D eigenvalue weighted by Crippen LogP contribution is 2.32. The van der Waals surface area contributed by atoms with Crippen molar-refractivity contribution in [2.75, 3.05) is 19.2 Å². The molecule has 0 bridgehead atoms. The number of carbonyl (C=O) groups is 2. The summed E-state index contributed by atoms with van der Waals surface area (Å²) in [5.74, 6) is 1.05. The van der Waals surface area contributed by atoms with Crippen LogP contribution in [-0.4, -0.2) is 35.5 Å². The van der Waals surface area contributed by atoms with E-state index in [-0.39, 0.29) is 24.5 Å². The fourth-order valence-electron chi connectivity index (χ4n) is 3.01. The lowest BCUT2D eigenvalue weighted by atomic mass is 10.1. The number of methoxy groups -OCH3 is 1. The molecule has 3 aromatic rings. The maximum absolute atomic E-state index is 12.4. The van der Waals surface area contributed by atoms with Gasteiger partial charge in [0.15, 0.2) is 11.5 Å². The number of ether oxygens (including phenoxy) is 3. The minimum Gasteiger partial charge on any atom is -0.479 e. The average molecular weight is 408 g/mol. The zero-order valence-electron chi connectivity index (χ0n) is 16.5. The van der Waals surface area contributed by atoms with Gasteiger partial charge < -0.3 is 24.8 Å². The van der Waals surface area contributed by atoms with Crippen LogP contribution in [0.25, 0.3) is 0 Å². The van der Waals surface area contributed by atoms with Gasteiger partial charge in [0.1, 0.15) is 5.56 Å². The molecule has 9 heteroatoms. The minimum atomic E-state index is -0.347. The summed E-state index contributed by atoms with van der Waals surface area (Å²) in [6.45, 7) is 0.566. The third-order valence-electron chi connectivity index (χ3n) is 4.53. The van der Waals surface area contributed by atoms with Crippen molar-refractivity contribution in [3.63, 3.8) is 0 Å². The van der Waals surface area contributed by atoms with Crippen molar-refractivity contribution >= 4 is 17.5 Å². The predicted molar refractivity (Wildman–Crippen MR) is 108 cm³/mol. The zero-order valence-corrected chi connectivity index (χ0v) is 16.5. The van der Waals surface area contributed by atoms with Gasteiger partial charge in [-0.05, 0) is 42.0 Å². The van der Waals surface area contributed by atoms with E-state index in [1.807, 2.05) is 18.2 Å². The monoisotopic (exact) mass is 408 g/mol. The van der Waals surface area contributed by atoms with Gasteiger partial charge in [-0.25, -0.2) is 0 Å². The average Bonchev–Trinajstić information content (AvgIpc) is 3.38. The summed E-state index contributed by atoms with van der Waals surface area (Å²) in [4.78, 5) is 24.8. The molecule has 0 fully saturated rings. The van der Waals surface area contributed by atoms with E-state index < -0.39 is 0 Å². The number of anilines is 1. The molecule has 2 N–H and O–H groups in total. The number of carbonyl (C=O) groups excluding carboxylic acids is 2. The van der Waals surface area contributed by atoms with E-state index >= 15 is 0 Å². The number of amides is 2. The quantitative estimate of drug-likeness (QED) is 0.649. The largest absolute Gasteiger partial charge is 0.479 e. The molecule has 1 aromatic heterocycles. The fraction of sp³-hybridized carbons (Fsp3) is 0.190. The Morgan fingerprint density at radius 2 is 1.87 bits per heavy atom. The maximum atomic E-state index is 12.4.